The summed E-state index contributed by atoms with van der Waals surface area (Å²) < 4.78 is 18.8. The second-order valence-electron chi connectivity index (χ2n) is 8.15. The van der Waals surface area contributed by atoms with E-state index in [9.17, 15) is 9.18 Å². The van der Waals surface area contributed by atoms with Gasteiger partial charge in [0.1, 0.15) is 11.6 Å². The zero-order valence-electron chi connectivity index (χ0n) is 17.2. The lowest BCUT2D eigenvalue weighted by atomic mass is 9.83. The Labute approximate surface area is 171 Å². The van der Waals surface area contributed by atoms with E-state index in [1.807, 2.05) is 32.0 Å². The minimum Gasteiger partial charge on any atom is -0.497 e. The van der Waals surface area contributed by atoms with E-state index in [2.05, 4.69) is 27.2 Å². The van der Waals surface area contributed by atoms with E-state index in [1.54, 1.807) is 7.11 Å². The predicted octanol–water partition coefficient (Wildman–Crippen LogP) is 3.23. The van der Waals surface area contributed by atoms with Gasteiger partial charge in [0.05, 0.1) is 19.1 Å². The van der Waals surface area contributed by atoms with Crippen molar-refractivity contribution < 1.29 is 13.9 Å². The van der Waals surface area contributed by atoms with Crippen molar-refractivity contribution in [2.24, 2.45) is 5.92 Å². The summed E-state index contributed by atoms with van der Waals surface area (Å²) >= 11 is 0. The number of nitrogens with zero attached hydrogens (tertiary/aromatic N) is 2. The number of halogens is 1. The van der Waals surface area contributed by atoms with Crippen LogP contribution in [-0.2, 0) is 11.2 Å². The number of piperazine rings is 1. The predicted molar refractivity (Wildman–Crippen MR) is 113 cm³/mol. The van der Waals surface area contributed by atoms with Gasteiger partial charge in [-0.3, -0.25) is 4.79 Å². The molecule has 2 aliphatic heterocycles. The molecule has 0 radical (unpaired) electrons. The van der Waals surface area contributed by atoms with Gasteiger partial charge < -0.3 is 19.9 Å². The molecule has 4 rings (SSSR count). The lowest BCUT2D eigenvalue weighted by molar-refractivity contribution is -0.126. The fourth-order valence-corrected chi connectivity index (χ4v) is 4.48. The summed E-state index contributed by atoms with van der Waals surface area (Å²) in [6, 6.07) is 12.9. The number of nitrogens with one attached hydrogen (secondary N) is 1. The van der Waals surface area contributed by atoms with Crippen LogP contribution in [0.3, 0.4) is 0 Å². The highest BCUT2D eigenvalue weighted by atomic mass is 19.1. The second-order valence-corrected chi connectivity index (χ2v) is 8.15. The fraction of sp³-hybridized carbons (Fsp3) is 0.435. The Morgan fingerprint density at radius 2 is 1.93 bits per heavy atom. The monoisotopic (exact) mass is 397 g/mol. The number of carbonyl (C=O) groups is 1. The Kier molecular flexibility index (Phi) is 5.35. The highest BCUT2D eigenvalue weighted by Crippen LogP contribution is 2.39. The van der Waals surface area contributed by atoms with Crippen molar-refractivity contribution in [3.63, 3.8) is 0 Å². The van der Waals surface area contributed by atoms with E-state index in [0.717, 1.165) is 36.8 Å². The minimum absolute atomic E-state index is 0.0483. The number of benzene rings is 2. The van der Waals surface area contributed by atoms with E-state index in [1.165, 1.54) is 17.7 Å². The van der Waals surface area contributed by atoms with Gasteiger partial charge in [0.15, 0.2) is 0 Å². The second kappa shape index (κ2) is 7.93. The first-order valence-electron chi connectivity index (χ1n) is 10.2. The van der Waals surface area contributed by atoms with Crippen LogP contribution in [0.4, 0.5) is 15.8 Å². The Hall–Kier alpha value is -2.76. The molecule has 29 heavy (non-hydrogen) atoms. The van der Waals surface area contributed by atoms with Gasteiger partial charge in [0.25, 0.3) is 0 Å². The molecule has 2 aromatic rings. The first kappa shape index (κ1) is 19.6. The van der Waals surface area contributed by atoms with Crippen molar-refractivity contribution in [2.45, 2.75) is 32.4 Å². The van der Waals surface area contributed by atoms with Crippen LogP contribution in [0, 0.1) is 11.7 Å². The molecule has 5 nitrogen and oxygen atoms in total. The molecule has 0 saturated carbocycles. The maximum Gasteiger partial charge on any atom is 0.225 e. The first-order chi connectivity index (χ1) is 14.0. The van der Waals surface area contributed by atoms with Gasteiger partial charge in [-0.1, -0.05) is 6.07 Å². The molecule has 6 heteroatoms. The zero-order chi connectivity index (χ0) is 20.5. The molecule has 2 heterocycles. The molecular weight excluding hydrogens is 369 g/mol. The van der Waals surface area contributed by atoms with Gasteiger partial charge in [-0.2, -0.15) is 0 Å². The smallest absolute Gasteiger partial charge is 0.225 e. The molecule has 0 aromatic heterocycles. The van der Waals surface area contributed by atoms with E-state index < -0.39 is 0 Å². The third-order valence-corrected chi connectivity index (χ3v) is 5.88. The van der Waals surface area contributed by atoms with E-state index in [0.29, 0.717) is 6.42 Å². The number of hydrogen-bond acceptors (Lipinski definition) is 4. The van der Waals surface area contributed by atoms with Gasteiger partial charge in [-0.25, -0.2) is 4.39 Å². The van der Waals surface area contributed by atoms with E-state index >= 15 is 0 Å². The van der Waals surface area contributed by atoms with Crippen molar-refractivity contribution in [3.8, 4) is 5.75 Å². The molecule has 1 N–H and O–H groups in total. The quantitative estimate of drug-likeness (QED) is 0.861. The number of methoxy groups -OCH3 is 1. The molecule has 2 unspecified atom stereocenters. The van der Waals surface area contributed by atoms with Crippen LogP contribution < -0.4 is 19.9 Å². The average molecular weight is 397 g/mol. The molecule has 1 saturated heterocycles. The molecular formula is C23H28FN3O2. The van der Waals surface area contributed by atoms with Crippen LogP contribution in [0.2, 0.25) is 0 Å². The molecule has 2 atom stereocenters. The molecule has 0 aliphatic carbocycles. The van der Waals surface area contributed by atoms with Crippen molar-refractivity contribution >= 4 is 17.3 Å². The summed E-state index contributed by atoms with van der Waals surface area (Å²) in [5.41, 5.74) is 3.33. The van der Waals surface area contributed by atoms with Gasteiger partial charge in [0, 0.05) is 43.1 Å². The van der Waals surface area contributed by atoms with E-state index in [4.69, 9.17) is 4.74 Å². The lowest BCUT2D eigenvalue weighted by Crippen LogP contribution is -2.61. The van der Waals surface area contributed by atoms with Crippen molar-refractivity contribution in [1.82, 2.24) is 5.32 Å². The lowest BCUT2D eigenvalue weighted by Gasteiger charge is -2.49. The maximum atomic E-state index is 13.4. The number of anilines is 2. The molecule has 154 valence electrons. The summed E-state index contributed by atoms with van der Waals surface area (Å²) in [6.45, 7) is 6.31. The Morgan fingerprint density at radius 3 is 2.62 bits per heavy atom. The number of hydrogen-bond donors (Lipinski definition) is 1. The van der Waals surface area contributed by atoms with Crippen LogP contribution in [-0.4, -0.2) is 44.7 Å². The van der Waals surface area contributed by atoms with Gasteiger partial charge >= 0.3 is 0 Å². The number of fused-ring (bicyclic) bond motifs is 3. The third kappa shape index (κ3) is 3.88. The number of amides is 1. The minimum atomic E-state index is -0.236. The number of ether oxygens (including phenoxy) is 1. The molecule has 1 amide bonds. The molecule has 0 bridgehead atoms. The Balaban J connectivity index is 1.67. The fourth-order valence-electron chi connectivity index (χ4n) is 4.48. The highest BCUT2D eigenvalue weighted by molar-refractivity contribution is 5.82. The van der Waals surface area contributed by atoms with Crippen molar-refractivity contribution in [3.05, 3.63) is 53.8 Å². The number of carbonyl (C=O) groups excluding carboxylic acids is 1. The summed E-state index contributed by atoms with van der Waals surface area (Å²) in [5.74, 6) is 0.549. The SMILES string of the molecule is COc1ccc2c(c1)N1CCN(c3ccc(F)cc3)CC1C(C(=O)NC(C)C)C2. The van der Waals surface area contributed by atoms with E-state index in [-0.39, 0.29) is 29.7 Å². The van der Waals surface area contributed by atoms with Crippen molar-refractivity contribution in [2.75, 3.05) is 36.5 Å². The molecule has 1 fully saturated rings. The highest BCUT2D eigenvalue weighted by Gasteiger charge is 2.41. The molecule has 2 aromatic carbocycles. The zero-order valence-corrected chi connectivity index (χ0v) is 17.2. The Bertz CT molecular complexity index is 884. The topological polar surface area (TPSA) is 44.8 Å². The third-order valence-electron chi connectivity index (χ3n) is 5.88. The van der Waals surface area contributed by atoms with Gasteiger partial charge in [-0.05, 0) is 56.2 Å². The molecule has 2 aliphatic rings. The normalized spacial score (nSPS) is 20.9. The number of rotatable bonds is 4. The van der Waals surface area contributed by atoms with Gasteiger partial charge in [0.2, 0.25) is 5.91 Å². The summed E-state index contributed by atoms with van der Waals surface area (Å²) in [6.07, 6.45) is 0.705. The Morgan fingerprint density at radius 1 is 1.17 bits per heavy atom. The van der Waals surface area contributed by atoms with Crippen LogP contribution in [0.25, 0.3) is 0 Å². The largest absolute Gasteiger partial charge is 0.497 e. The molecule has 0 spiro atoms. The van der Waals surface area contributed by atoms with Crippen LogP contribution >= 0.6 is 0 Å². The summed E-state index contributed by atoms with van der Waals surface area (Å²) in [4.78, 5) is 17.7. The summed E-state index contributed by atoms with van der Waals surface area (Å²) in [7, 11) is 1.67. The van der Waals surface area contributed by atoms with Crippen molar-refractivity contribution in [1.29, 1.82) is 0 Å². The first-order valence-corrected chi connectivity index (χ1v) is 10.2. The van der Waals surface area contributed by atoms with Gasteiger partial charge in [-0.15, -0.1) is 0 Å². The average Bonchev–Trinajstić information content (AvgIpc) is 2.72. The van der Waals surface area contributed by atoms with Crippen LogP contribution in [0.5, 0.6) is 5.75 Å². The van der Waals surface area contributed by atoms with Crippen LogP contribution in [0.1, 0.15) is 19.4 Å². The summed E-state index contributed by atoms with van der Waals surface area (Å²) in [5, 5.41) is 3.10. The maximum absolute atomic E-state index is 13.4. The standard InChI is InChI=1S/C23H28FN3O2/c1-15(2)25-23(28)20-12-16-4-9-19(29-3)13-21(16)27-11-10-26(14-22(20)27)18-7-5-17(24)6-8-18/h4-9,13,15,20,22H,10-12,14H2,1-3H3,(H,25,28). The van der Waals surface area contributed by atoms with Crippen LogP contribution in [0.15, 0.2) is 42.5 Å².